The number of aromatic nitrogens is 4. The maximum atomic E-state index is 11.8. The van der Waals surface area contributed by atoms with E-state index in [0.717, 1.165) is 4.57 Å². The van der Waals surface area contributed by atoms with Crippen molar-refractivity contribution in [3.8, 4) is 0 Å². The summed E-state index contributed by atoms with van der Waals surface area (Å²) in [5.74, 6) is 0.417. The largest absolute Gasteiger partial charge is 0.332 e. The lowest BCUT2D eigenvalue weighted by molar-refractivity contribution is 0.705. The van der Waals surface area contributed by atoms with Crippen molar-refractivity contribution < 1.29 is 0 Å². The predicted octanol–water partition coefficient (Wildman–Crippen LogP) is -0.0110. The molecule has 0 saturated carbocycles. The molecular formula is C9H9ClN4O2. The van der Waals surface area contributed by atoms with Crippen LogP contribution in [0.25, 0.3) is 11.0 Å². The van der Waals surface area contributed by atoms with E-state index in [0.29, 0.717) is 5.82 Å². The Morgan fingerprint density at radius 2 is 1.75 bits per heavy atom. The van der Waals surface area contributed by atoms with E-state index in [1.54, 1.807) is 6.92 Å². The Bertz CT molecular complexity index is 701. The zero-order chi connectivity index (χ0) is 12.0. The van der Waals surface area contributed by atoms with Gasteiger partial charge in [0.1, 0.15) is 16.4 Å². The second kappa shape index (κ2) is 3.41. The highest BCUT2D eigenvalue weighted by Gasteiger charge is 2.14. The summed E-state index contributed by atoms with van der Waals surface area (Å²) in [5, 5.41) is 0.232. The highest BCUT2D eigenvalue weighted by Crippen LogP contribution is 2.14. The molecule has 0 N–H and O–H groups in total. The highest BCUT2D eigenvalue weighted by atomic mass is 35.5. The number of hydrogen-bond acceptors (Lipinski definition) is 4. The Hall–Kier alpha value is -1.69. The van der Waals surface area contributed by atoms with Gasteiger partial charge in [-0.15, -0.1) is 0 Å². The molecule has 0 aliphatic rings. The van der Waals surface area contributed by atoms with E-state index in [2.05, 4.69) is 9.97 Å². The molecule has 0 aliphatic heterocycles. The summed E-state index contributed by atoms with van der Waals surface area (Å²) in [6.45, 7) is 1.65. The summed E-state index contributed by atoms with van der Waals surface area (Å²) in [6.07, 6.45) is 0. The molecule has 16 heavy (non-hydrogen) atoms. The molecule has 0 aliphatic carbocycles. The first-order valence-electron chi connectivity index (χ1n) is 4.53. The van der Waals surface area contributed by atoms with Gasteiger partial charge >= 0.3 is 5.69 Å². The van der Waals surface area contributed by atoms with Gasteiger partial charge in [-0.05, 0) is 6.92 Å². The van der Waals surface area contributed by atoms with Gasteiger partial charge in [0.05, 0.1) is 0 Å². The van der Waals surface area contributed by atoms with Crippen LogP contribution in [0.4, 0.5) is 0 Å². The molecule has 0 saturated heterocycles. The standard InChI is InChI=1S/C9H9ClN4O2/c1-4-11-6(10)5-7(12-4)13(2)9(16)14(3)8(5)15/h1-3H3. The Morgan fingerprint density at radius 1 is 1.12 bits per heavy atom. The van der Waals surface area contributed by atoms with Crippen LogP contribution in [0.3, 0.4) is 0 Å². The molecule has 2 rings (SSSR count). The fraction of sp³-hybridized carbons (Fsp3) is 0.333. The molecule has 2 heterocycles. The Labute approximate surface area is 95.1 Å². The minimum absolute atomic E-state index is 0.0682. The maximum Gasteiger partial charge on any atom is 0.332 e. The summed E-state index contributed by atoms with van der Waals surface area (Å²) in [6, 6.07) is 0. The van der Waals surface area contributed by atoms with Crippen LogP contribution in [-0.4, -0.2) is 19.1 Å². The third-order valence-corrected chi connectivity index (χ3v) is 2.64. The van der Waals surface area contributed by atoms with Gasteiger partial charge in [-0.3, -0.25) is 13.9 Å². The molecule has 6 nitrogen and oxygen atoms in total. The van der Waals surface area contributed by atoms with Crippen LogP contribution < -0.4 is 11.2 Å². The molecule has 0 amide bonds. The summed E-state index contributed by atoms with van der Waals surface area (Å²) < 4.78 is 2.25. The van der Waals surface area contributed by atoms with Crippen LogP contribution in [0.2, 0.25) is 5.15 Å². The Morgan fingerprint density at radius 3 is 2.38 bits per heavy atom. The van der Waals surface area contributed by atoms with Gasteiger partial charge in [-0.2, -0.15) is 0 Å². The zero-order valence-corrected chi connectivity index (χ0v) is 9.74. The zero-order valence-electron chi connectivity index (χ0n) is 8.98. The Balaban J connectivity index is 3.22. The molecule has 0 bridgehead atoms. The van der Waals surface area contributed by atoms with Gasteiger partial charge < -0.3 is 0 Å². The van der Waals surface area contributed by atoms with Gasteiger partial charge in [0.2, 0.25) is 0 Å². The van der Waals surface area contributed by atoms with Crippen molar-refractivity contribution in [2.24, 2.45) is 14.1 Å². The second-order valence-corrected chi connectivity index (χ2v) is 3.82. The SMILES string of the molecule is Cc1nc(Cl)c2c(=O)n(C)c(=O)n(C)c2n1. The van der Waals surface area contributed by atoms with E-state index >= 15 is 0 Å². The first-order chi connectivity index (χ1) is 7.43. The first kappa shape index (κ1) is 10.8. The summed E-state index contributed by atoms with van der Waals surface area (Å²) in [4.78, 5) is 31.4. The second-order valence-electron chi connectivity index (χ2n) is 3.47. The number of nitrogens with zero attached hydrogens (tertiary/aromatic N) is 4. The molecule has 0 spiro atoms. The monoisotopic (exact) mass is 240 g/mol. The van der Waals surface area contributed by atoms with Crippen LogP contribution in [0.1, 0.15) is 5.82 Å². The van der Waals surface area contributed by atoms with E-state index < -0.39 is 11.2 Å². The van der Waals surface area contributed by atoms with Crippen LogP contribution in [0.5, 0.6) is 0 Å². The normalized spacial score (nSPS) is 11.0. The third-order valence-electron chi connectivity index (χ3n) is 2.37. The van der Waals surface area contributed by atoms with E-state index in [-0.39, 0.29) is 16.2 Å². The fourth-order valence-corrected chi connectivity index (χ4v) is 1.81. The molecule has 0 atom stereocenters. The summed E-state index contributed by atoms with van der Waals surface area (Å²) in [7, 11) is 2.92. The molecule has 7 heteroatoms. The predicted molar refractivity (Wildman–Crippen MR) is 59.8 cm³/mol. The molecule has 2 aromatic rings. The lowest BCUT2D eigenvalue weighted by Gasteiger charge is -2.07. The van der Waals surface area contributed by atoms with Gasteiger partial charge in [-0.1, -0.05) is 11.6 Å². The van der Waals surface area contributed by atoms with Gasteiger partial charge in [-0.25, -0.2) is 14.8 Å². The molecule has 2 aromatic heterocycles. The van der Waals surface area contributed by atoms with Crippen molar-refractivity contribution in [2.45, 2.75) is 6.92 Å². The smallest absolute Gasteiger partial charge is 0.280 e. The van der Waals surface area contributed by atoms with Gasteiger partial charge in [0, 0.05) is 14.1 Å². The van der Waals surface area contributed by atoms with E-state index in [1.807, 2.05) is 0 Å². The van der Waals surface area contributed by atoms with Gasteiger partial charge in [0.15, 0.2) is 5.65 Å². The topological polar surface area (TPSA) is 69.8 Å². The van der Waals surface area contributed by atoms with E-state index in [9.17, 15) is 9.59 Å². The third kappa shape index (κ3) is 1.34. The minimum Gasteiger partial charge on any atom is -0.280 e. The van der Waals surface area contributed by atoms with Crippen molar-refractivity contribution in [1.82, 2.24) is 19.1 Å². The molecule has 0 radical (unpaired) electrons. The quantitative estimate of drug-likeness (QED) is 0.608. The lowest BCUT2D eigenvalue weighted by Crippen LogP contribution is -2.37. The Kier molecular flexibility index (Phi) is 2.31. The van der Waals surface area contributed by atoms with Crippen LogP contribution >= 0.6 is 11.6 Å². The van der Waals surface area contributed by atoms with Crippen molar-refractivity contribution in [2.75, 3.05) is 0 Å². The molecule has 0 unspecified atom stereocenters. The fourth-order valence-electron chi connectivity index (χ4n) is 1.52. The number of rotatable bonds is 0. The van der Waals surface area contributed by atoms with Crippen LogP contribution in [0.15, 0.2) is 9.59 Å². The maximum absolute atomic E-state index is 11.8. The molecule has 0 fully saturated rings. The van der Waals surface area contributed by atoms with Crippen molar-refractivity contribution in [3.05, 3.63) is 31.8 Å². The van der Waals surface area contributed by atoms with Crippen LogP contribution in [-0.2, 0) is 14.1 Å². The van der Waals surface area contributed by atoms with Crippen molar-refractivity contribution in [1.29, 1.82) is 0 Å². The van der Waals surface area contributed by atoms with Crippen molar-refractivity contribution >= 4 is 22.6 Å². The molecule has 0 aromatic carbocycles. The lowest BCUT2D eigenvalue weighted by atomic mass is 10.4. The van der Waals surface area contributed by atoms with E-state index in [4.69, 9.17) is 11.6 Å². The number of fused-ring (bicyclic) bond motifs is 1. The summed E-state index contributed by atoms with van der Waals surface area (Å²) >= 11 is 5.88. The summed E-state index contributed by atoms with van der Waals surface area (Å²) in [5.41, 5.74) is -0.666. The van der Waals surface area contributed by atoms with E-state index in [1.165, 1.54) is 18.7 Å². The highest BCUT2D eigenvalue weighted by molar-refractivity contribution is 6.33. The number of aryl methyl sites for hydroxylation is 2. The molecular weight excluding hydrogens is 232 g/mol. The number of hydrogen-bond donors (Lipinski definition) is 0. The minimum atomic E-state index is -0.483. The van der Waals surface area contributed by atoms with Crippen molar-refractivity contribution in [3.63, 3.8) is 0 Å². The first-order valence-corrected chi connectivity index (χ1v) is 4.91. The van der Waals surface area contributed by atoms with Gasteiger partial charge in [0.25, 0.3) is 5.56 Å². The average molecular weight is 241 g/mol. The van der Waals surface area contributed by atoms with Crippen LogP contribution in [0, 0.1) is 6.92 Å². The molecule has 84 valence electrons. The average Bonchev–Trinajstić information content (AvgIpc) is 2.22. The number of halogens is 1.